The number of fused-ring (bicyclic) bond motifs is 1. The van der Waals surface area contributed by atoms with Crippen LogP contribution in [0.1, 0.15) is 4.88 Å². The van der Waals surface area contributed by atoms with Gasteiger partial charge in [-0.15, -0.1) is 23.1 Å². The van der Waals surface area contributed by atoms with E-state index in [1.807, 2.05) is 6.92 Å². The standard InChI is InChI=1S/C12H15N3O3S3/c1-6-2-14-11(21-6)20-5-12(10(17)18)3-15-8(16)7(13)9(15)19-4-12/h2,7,9H,3-5,13H2,1H3,(H,17,18)/t7?,9-,12?/m1/s1. The third-order valence-electron chi connectivity index (χ3n) is 3.71. The van der Waals surface area contributed by atoms with Crippen molar-refractivity contribution in [3.05, 3.63) is 11.1 Å². The van der Waals surface area contributed by atoms with Gasteiger partial charge in [0, 0.05) is 29.1 Å². The molecule has 1 aromatic rings. The fraction of sp³-hybridized carbons (Fsp3) is 0.583. The number of carbonyl (C=O) groups excluding carboxylic acids is 1. The largest absolute Gasteiger partial charge is 0.481 e. The maximum atomic E-state index is 11.8. The molecule has 2 fully saturated rings. The van der Waals surface area contributed by atoms with Crippen molar-refractivity contribution in [2.24, 2.45) is 11.1 Å². The molecule has 114 valence electrons. The Hall–Kier alpha value is -0.770. The minimum Gasteiger partial charge on any atom is -0.481 e. The fourth-order valence-corrected chi connectivity index (χ4v) is 6.16. The number of hydrogen-bond donors (Lipinski definition) is 2. The molecule has 1 amide bonds. The number of aliphatic carboxylic acids is 1. The lowest BCUT2D eigenvalue weighted by Crippen LogP contribution is -2.72. The second kappa shape index (κ2) is 5.45. The third-order valence-corrected chi connectivity index (χ3v) is 7.68. The first-order valence-corrected chi connectivity index (χ1v) is 9.24. The highest BCUT2D eigenvalue weighted by Gasteiger charge is 2.55. The number of carboxylic acids is 1. The van der Waals surface area contributed by atoms with Crippen LogP contribution in [0.2, 0.25) is 0 Å². The molecule has 2 aliphatic heterocycles. The van der Waals surface area contributed by atoms with E-state index < -0.39 is 17.4 Å². The Kier molecular flexibility index (Phi) is 3.93. The summed E-state index contributed by atoms with van der Waals surface area (Å²) in [7, 11) is 0. The first-order chi connectivity index (χ1) is 9.93. The molecular formula is C12H15N3O3S3. The minimum atomic E-state index is -0.929. The maximum absolute atomic E-state index is 11.8. The van der Waals surface area contributed by atoms with Crippen molar-refractivity contribution in [3.63, 3.8) is 0 Å². The highest BCUT2D eigenvalue weighted by molar-refractivity contribution is 8.01. The van der Waals surface area contributed by atoms with Crippen LogP contribution in [0.5, 0.6) is 0 Å². The molecule has 3 rings (SSSR count). The SMILES string of the molecule is Cc1cnc(SCC2(C(=O)O)CS[C@@H]3C(N)C(=O)N3C2)s1. The Labute approximate surface area is 134 Å². The highest BCUT2D eigenvalue weighted by atomic mass is 32.2. The summed E-state index contributed by atoms with van der Waals surface area (Å²) < 4.78 is 0.867. The molecule has 2 aliphatic rings. The summed E-state index contributed by atoms with van der Waals surface area (Å²) in [5, 5.41) is 9.58. The van der Waals surface area contributed by atoms with Crippen LogP contribution in [0, 0.1) is 12.3 Å². The number of hydrogen-bond acceptors (Lipinski definition) is 7. The Morgan fingerprint density at radius 2 is 2.48 bits per heavy atom. The van der Waals surface area contributed by atoms with Crippen LogP contribution in [0.4, 0.5) is 0 Å². The van der Waals surface area contributed by atoms with E-state index in [1.54, 1.807) is 22.4 Å². The molecule has 0 bridgehead atoms. The minimum absolute atomic E-state index is 0.0583. The van der Waals surface area contributed by atoms with E-state index in [9.17, 15) is 14.7 Å². The van der Waals surface area contributed by atoms with Gasteiger partial charge in [0.15, 0.2) is 0 Å². The lowest BCUT2D eigenvalue weighted by Gasteiger charge is -2.52. The molecule has 9 heteroatoms. The zero-order chi connectivity index (χ0) is 15.2. The summed E-state index contributed by atoms with van der Waals surface area (Å²) in [6.07, 6.45) is 1.78. The lowest BCUT2D eigenvalue weighted by molar-refractivity contribution is -0.155. The Balaban J connectivity index is 1.72. The molecule has 3 heterocycles. The van der Waals surface area contributed by atoms with Crippen molar-refractivity contribution in [2.45, 2.75) is 22.7 Å². The average molecular weight is 345 g/mol. The summed E-state index contributed by atoms with van der Waals surface area (Å²) in [6, 6.07) is -0.476. The number of nitrogens with two attached hydrogens (primary N) is 1. The quantitative estimate of drug-likeness (QED) is 0.617. The van der Waals surface area contributed by atoms with Gasteiger partial charge in [-0.2, -0.15) is 0 Å². The molecule has 0 saturated carbocycles. The predicted octanol–water partition coefficient (Wildman–Crippen LogP) is 0.857. The van der Waals surface area contributed by atoms with E-state index in [2.05, 4.69) is 4.98 Å². The molecule has 0 radical (unpaired) electrons. The van der Waals surface area contributed by atoms with Crippen LogP contribution < -0.4 is 5.73 Å². The third kappa shape index (κ3) is 2.56. The first-order valence-electron chi connectivity index (χ1n) is 6.39. The maximum Gasteiger partial charge on any atom is 0.313 e. The van der Waals surface area contributed by atoms with Gasteiger partial charge in [0.2, 0.25) is 5.91 Å². The number of amides is 1. The van der Waals surface area contributed by atoms with Crippen molar-refractivity contribution >= 4 is 46.7 Å². The van der Waals surface area contributed by atoms with Crippen LogP contribution >= 0.6 is 34.9 Å². The molecule has 21 heavy (non-hydrogen) atoms. The Morgan fingerprint density at radius 3 is 3.10 bits per heavy atom. The van der Waals surface area contributed by atoms with Gasteiger partial charge < -0.3 is 15.7 Å². The summed E-state index contributed by atoms with van der Waals surface area (Å²) in [5.41, 5.74) is 4.81. The van der Waals surface area contributed by atoms with Crippen molar-refractivity contribution in [1.29, 1.82) is 0 Å². The number of β-lactam (4-membered cyclic amide) rings is 1. The van der Waals surface area contributed by atoms with E-state index in [-0.39, 0.29) is 17.8 Å². The van der Waals surface area contributed by atoms with E-state index in [0.29, 0.717) is 11.5 Å². The van der Waals surface area contributed by atoms with E-state index >= 15 is 0 Å². The average Bonchev–Trinajstić information content (AvgIpc) is 2.89. The molecule has 0 spiro atoms. The smallest absolute Gasteiger partial charge is 0.313 e. The Morgan fingerprint density at radius 1 is 1.71 bits per heavy atom. The van der Waals surface area contributed by atoms with Crippen LogP contribution in [0.25, 0.3) is 0 Å². The second-order valence-electron chi connectivity index (χ2n) is 5.30. The number of carbonyl (C=O) groups is 2. The van der Waals surface area contributed by atoms with Crippen molar-refractivity contribution in [1.82, 2.24) is 9.88 Å². The van der Waals surface area contributed by atoms with Gasteiger partial charge in [-0.3, -0.25) is 9.59 Å². The van der Waals surface area contributed by atoms with Gasteiger partial charge in [0.25, 0.3) is 0 Å². The highest BCUT2D eigenvalue weighted by Crippen LogP contribution is 2.44. The van der Waals surface area contributed by atoms with Gasteiger partial charge in [0.05, 0.1) is 0 Å². The van der Waals surface area contributed by atoms with Crippen molar-refractivity contribution < 1.29 is 14.7 Å². The van der Waals surface area contributed by atoms with E-state index in [1.165, 1.54) is 23.5 Å². The lowest BCUT2D eigenvalue weighted by atomic mass is 9.89. The van der Waals surface area contributed by atoms with Crippen LogP contribution in [-0.4, -0.2) is 56.3 Å². The number of thiazole rings is 1. The molecule has 0 aliphatic carbocycles. The normalized spacial score (nSPS) is 31.7. The van der Waals surface area contributed by atoms with Crippen LogP contribution in [0.3, 0.4) is 0 Å². The van der Waals surface area contributed by atoms with Crippen molar-refractivity contribution in [2.75, 3.05) is 18.1 Å². The second-order valence-corrected chi connectivity index (χ2v) is 8.87. The summed E-state index contributed by atoms with van der Waals surface area (Å²) in [4.78, 5) is 30.5. The number of nitrogens with zero attached hydrogens (tertiary/aromatic N) is 2. The molecule has 2 saturated heterocycles. The number of carboxylic acid groups (broad SMARTS) is 1. The fourth-order valence-electron chi connectivity index (χ4n) is 2.41. The monoisotopic (exact) mass is 345 g/mol. The molecule has 2 unspecified atom stereocenters. The molecular weight excluding hydrogens is 330 g/mol. The molecule has 1 aromatic heterocycles. The first kappa shape index (κ1) is 15.1. The zero-order valence-corrected chi connectivity index (χ0v) is 13.8. The predicted molar refractivity (Wildman–Crippen MR) is 83.6 cm³/mol. The van der Waals surface area contributed by atoms with Crippen LogP contribution in [-0.2, 0) is 9.59 Å². The zero-order valence-electron chi connectivity index (χ0n) is 11.3. The molecule has 3 N–H and O–H groups in total. The van der Waals surface area contributed by atoms with Crippen molar-refractivity contribution in [3.8, 4) is 0 Å². The van der Waals surface area contributed by atoms with Crippen LogP contribution in [0.15, 0.2) is 10.5 Å². The summed E-state index contributed by atoms with van der Waals surface area (Å²) >= 11 is 4.47. The van der Waals surface area contributed by atoms with E-state index in [0.717, 1.165) is 9.22 Å². The summed E-state index contributed by atoms with van der Waals surface area (Å²) in [5.74, 6) is -0.119. The van der Waals surface area contributed by atoms with Gasteiger partial charge in [0.1, 0.15) is 21.2 Å². The number of thioether (sulfide) groups is 2. The number of aryl methyl sites for hydroxylation is 1. The Bertz CT molecular complexity index is 593. The van der Waals surface area contributed by atoms with Gasteiger partial charge in [-0.25, -0.2) is 4.98 Å². The topological polar surface area (TPSA) is 96.5 Å². The van der Waals surface area contributed by atoms with Gasteiger partial charge in [-0.05, 0) is 6.92 Å². The van der Waals surface area contributed by atoms with Gasteiger partial charge in [-0.1, -0.05) is 11.8 Å². The number of aromatic nitrogens is 1. The van der Waals surface area contributed by atoms with Gasteiger partial charge >= 0.3 is 5.97 Å². The summed E-state index contributed by atoms with van der Waals surface area (Å²) in [6.45, 7) is 2.21. The number of rotatable bonds is 4. The molecule has 3 atom stereocenters. The molecule has 0 aromatic carbocycles. The van der Waals surface area contributed by atoms with E-state index in [4.69, 9.17) is 5.73 Å². The molecule has 6 nitrogen and oxygen atoms in total.